The lowest BCUT2D eigenvalue weighted by Crippen LogP contribution is -1.99. The fraction of sp³-hybridized carbons (Fsp3) is 0.200. The molecular weight excluding hydrogens is 362 g/mol. The zero-order valence-electron chi connectivity index (χ0n) is 15.4. The first kappa shape index (κ1) is 18.8. The number of pyridine rings is 2. The van der Waals surface area contributed by atoms with Crippen molar-refractivity contribution in [3.05, 3.63) is 59.7 Å². The number of aryl methyl sites for hydroxylation is 3. The molecule has 1 N–H and O–H groups in total. The summed E-state index contributed by atoms with van der Waals surface area (Å²) in [7, 11) is 0. The fourth-order valence-electron chi connectivity index (χ4n) is 2.82. The van der Waals surface area contributed by atoms with Crippen LogP contribution in [0.15, 0.2) is 47.1 Å². The van der Waals surface area contributed by atoms with Gasteiger partial charge in [0.25, 0.3) is 5.89 Å². The molecule has 3 aromatic heterocycles. The summed E-state index contributed by atoms with van der Waals surface area (Å²) < 4.78 is 5.46. The summed E-state index contributed by atoms with van der Waals surface area (Å²) >= 11 is 0. The maximum Gasteiger partial charge on any atom is 0.261 e. The largest absolute Gasteiger partial charge is 0.354 e. The van der Waals surface area contributed by atoms with Crippen molar-refractivity contribution in [1.29, 1.82) is 0 Å². The number of fused-ring (bicyclic) bond motifs is 1. The highest BCUT2D eigenvalue weighted by molar-refractivity contribution is 5.98. The van der Waals surface area contributed by atoms with Gasteiger partial charge in [-0.25, -0.2) is 9.97 Å². The lowest BCUT2D eigenvalue weighted by Gasteiger charge is -2.14. The number of rotatable bonds is 4. The third kappa shape index (κ3) is 3.61. The molecule has 0 spiro atoms. The van der Waals surface area contributed by atoms with Crippen LogP contribution in [0.5, 0.6) is 0 Å². The van der Waals surface area contributed by atoms with E-state index >= 15 is 0 Å². The molecular formula is C20H20ClN5O. The molecule has 6 nitrogen and oxygen atoms in total. The van der Waals surface area contributed by atoms with E-state index in [9.17, 15) is 0 Å². The minimum Gasteiger partial charge on any atom is -0.354 e. The minimum atomic E-state index is 0. The number of para-hydroxylation sites is 1. The second-order valence-electron chi connectivity index (χ2n) is 6.18. The zero-order chi connectivity index (χ0) is 18.1. The fourth-order valence-corrected chi connectivity index (χ4v) is 2.82. The molecule has 0 atom stereocenters. The van der Waals surface area contributed by atoms with Crippen molar-refractivity contribution in [1.82, 2.24) is 20.1 Å². The number of hydrogen-bond donors (Lipinski definition) is 1. The molecule has 0 saturated carbocycles. The number of aromatic nitrogens is 4. The molecule has 0 radical (unpaired) electrons. The Labute approximate surface area is 163 Å². The molecule has 0 unspecified atom stereocenters. The molecule has 0 fully saturated rings. The summed E-state index contributed by atoms with van der Waals surface area (Å²) in [6.07, 6.45) is 2.45. The van der Waals surface area contributed by atoms with Gasteiger partial charge in [0.2, 0.25) is 0 Å². The summed E-state index contributed by atoms with van der Waals surface area (Å²) in [6.45, 7) is 6.01. The number of benzene rings is 1. The van der Waals surface area contributed by atoms with Gasteiger partial charge in [-0.2, -0.15) is 4.98 Å². The SMILES string of the molecule is CCc1noc(-c2cnc3nc(C)ccc3c2Nc2ccccc2C)n1.Cl. The summed E-state index contributed by atoms with van der Waals surface area (Å²) in [5.74, 6) is 1.12. The van der Waals surface area contributed by atoms with Crippen LogP contribution in [0, 0.1) is 13.8 Å². The topological polar surface area (TPSA) is 76.7 Å². The second kappa shape index (κ2) is 7.72. The molecule has 1 aromatic carbocycles. The highest BCUT2D eigenvalue weighted by Gasteiger charge is 2.17. The third-order valence-electron chi connectivity index (χ3n) is 4.29. The van der Waals surface area contributed by atoms with Crippen molar-refractivity contribution in [3.8, 4) is 11.5 Å². The van der Waals surface area contributed by atoms with E-state index in [2.05, 4.69) is 38.4 Å². The standard InChI is InChI=1S/C20H19N5O.ClH/c1-4-17-24-20(26-25-17)15-11-21-19-14(10-9-13(3)22-19)18(15)23-16-8-6-5-7-12(16)2;/h5-11H,4H2,1-3H3,(H,21,22,23);1H. The van der Waals surface area contributed by atoms with Crippen LogP contribution in [0.25, 0.3) is 22.5 Å². The molecule has 3 heterocycles. The minimum absolute atomic E-state index is 0. The maximum atomic E-state index is 5.46. The average Bonchev–Trinajstić information content (AvgIpc) is 3.12. The Kier molecular flexibility index (Phi) is 5.37. The van der Waals surface area contributed by atoms with Gasteiger partial charge in [0.1, 0.15) is 0 Å². The monoisotopic (exact) mass is 381 g/mol. The van der Waals surface area contributed by atoms with Gasteiger partial charge in [-0.3, -0.25) is 0 Å². The molecule has 0 aliphatic carbocycles. The first-order valence-corrected chi connectivity index (χ1v) is 8.57. The molecule has 27 heavy (non-hydrogen) atoms. The predicted octanol–water partition coefficient (Wildman–Crippen LogP) is 5.02. The summed E-state index contributed by atoms with van der Waals surface area (Å²) in [5, 5.41) is 8.44. The van der Waals surface area contributed by atoms with Crippen LogP contribution in [0.4, 0.5) is 11.4 Å². The van der Waals surface area contributed by atoms with Crippen molar-refractivity contribution in [2.45, 2.75) is 27.2 Å². The summed E-state index contributed by atoms with van der Waals surface area (Å²) in [5.41, 5.74) is 5.38. The van der Waals surface area contributed by atoms with Crippen molar-refractivity contribution in [2.24, 2.45) is 0 Å². The van der Waals surface area contributed by atoms with Crippen molar-refractivity contribution >= 4 is 34.8 Å². The Bertz CT molecular complexity index is 1090. The zero-order valence-corrected chi connectivity index (χ0v) is 16.2. The molecule has 7 heteroatoms. The van der Waals surface area contributed by atoms with Gasteiger partial charge < -0.3 is 9.84 Å². The molecule has 0 saturated heterocycles. The average molecular weight is 382 g/mol. The number of nitrogens with one attached hydrogen (secondary N) is 1. The van der Waals surface area contributed by atoms with Crippen LogP contribution in [-0.4, -0.2) is 20.1 Å². The third-order valence-corrected chi connectivity index (χ3v) is 4.29. The molecule has 0 bridgehead atoms. The lowest BCUT2D eigenvalue weighted by molar-refractivity contribution is 0.423. The first-order chi connectivity index (χ1) is 12.7. The Balaban J connectivity index is 0.00000210. The molecule has 0 aliphatic heterocycles. The van der Waals surface area contributed by atoms with E-state index in [-0.39, 0.29) is 12.4 Å². The van der Waals surface area contributed by atoms with Crippen LogP contribution < -0.4 is 5.32 Å². The van der Waals surface area contributed by atoms with Gasteiger partial charge in [-0.15, -0.1) is 12.4 Å². The lowest BCUT2D eigenvalue weighted by atomic mass is 10.1. The Morgan fingerprint density at radius 1 is 1.04 bits per heavy atom. The van der Waals surface area contributed by atoms with Crippen molar-refractivity contribution in [3.63, 3.8) is 0 Å². The first-order valence-electron chi connectivity index (χ1n) is 8.57. The summed E-state index contributed by atoms with van der Waals surface area (Å²) in [4.78, 5) is 13.5. The van der Waals surface area contributed by atoms with Gasteiger partial charge in [-0.1, -0.05) is 30.3 Å². The molecule has 138 valence electrons. The van der Waals surface area contributed by atoms with Crippen LogP contribution in [0.2, 0.25) is 0 Å². The predicted molar refractivity (Wildman–Crippen MR) is 109 cm³/mol. The van der Waals surface area contributed by atoms with Crippen LogP contribution >= 0.6 is 12.4 Å². The smallest absolute Gasteiger partial charge is 0.261 e. The van der Waals surface area contributed by atoms with Gasteiger partial charge in [0, 0.05) is 29.4 Å². The van der Waals surface area contributed by atoms with Gasteiger partial charge in [0.05, 0.1) is 11.3 Å². The van der Waals surface area contributed by atoms with E-state index in [1.807, 2.05) is 44.2 Å². The molecule has 4 rings (SSSR count). The molecule has 0 aliphatic rings. The quantitative estimate of drug-likeness (QED) is 0.534. The van der Waals surface area contributed by atoms with Gasteiger partial charge in [-0.05, 0) is 37.6 Å². The van der Waals surface area contributed by atoms with E-state index in [0.29, 0.717) is 23.8 Å². The number of nitrogens with zero attached hydrogens (tertiary/aromatic N) is 4. The Morgan fingerprint density at radius 3 is 2.59 bits per heavy atom. The van der Waals surface area contributed by atoms with Crippen LogP contribution in [0.1, 0.15) is 24.0 Å². The van der Waals surface area contributed by atoms with Gasteiger partial charge in [0.15, 0.2) is 11.5 Å². The van der Waals surface area contributed by atoms with E-state index < -0.39 is 0 Å². The number of halogens is 1. The highest BCUT2D eigenvalue weighted by atomic mass is 35.5. The highest BCUT2D eigenvalue weighted by Crippen LogP contribution is 2.35. The van der Waals surface area contributed by atoms with E-state index in [1.54, 1.807) is 6.20 Å². The van der Waals surface area contributed by atoms with Crippen molar-refractivity contribution < 1.29 is 4.52 Å². The molecule has 4 aromatic rings. The van der Waals surface area contributed by atoms with Crippen LogP contribution in [0.3, 0.4) is 0 Å². The summed E-state index contributed by atoms with van der Waals surface area (Å²) in [6, 6.07) is 12.1. The van der Waals surface area contributed by atoms with E-state index in [1.165, 1.54) is 0 Å². The molecule has 0 amide bonds. The maximum absolute atomic E-state index is 5.46. The van der Waals surface area contributed by atoms with E-state index in [4.69, 9.17) is 4.52 Å². The Morgan fingerprint density at radius 2 is 1.85 bits per heavy atom. The second-order valence-corrected chi connectivity index (χ2v) is 6.18. The number of hydrogen-bond acceptors (Lipinski definition) is 6. The van der Waals surface area contributed by atoms with Crippen LogP contribution in [-0.2, 0) is 6.42 Å². The number of anilines is 2. The normalized spacial score (nSPS) is 10.6. The van der Waals surface area contributed by atoms with E-state index in [0.717, 1.165) is 33.6 Å². The van der Waals surface area contributed by atoms with Gasteiger partial charge >= 0.3 is 0 Å². The van der Waals surface area contributed by atoms with Crippen molar-refractivity contribution in [2.75, 3.05) is 5.32 Å². The Hall–Kier alpha value is -2.99.